The minimum absolute atomic E-state index is 0.0487. The third-order valence-corrected chi connectivity index (χ3v) is 5.43. The van der Waals surface area contributed by atoms with Crippen LogP contribution < -0.4 is 9.47 Å². The number of hydrogen-bond acceptors (Lipinski definition) is 2. The molecule has 0 aliphatic carbocycles. The molecule has 3 aromatic rings. The predicted octanol–water partition coefficient (Wildman–Crippen LogP) is 7.58. The summed E-state index contributed by atoms with van der Waals surface area (Å²) in [5, 5.41) is 0.750. The lowest BCUT2D eigenvalue weighted by atomic mass is 9.80. The minimum atomic E-state index is -0.369. The lowest BCUT2D eigenvalue weighted by Crippen LogP contribution is -2.17. The highest BCUT2D eigenvalue weighted by molar-refractivity contribution is 6.30. The van der Waals surface area contributed by atoms with Gasteiger partial charge in [-0.3, -0.25) is 0 Å². The van der Waals surface area contributed by atoms with Crippen LogP contribution in [0.2, 0.25) is 5.02 Å². The fraction of sp³-hybridized carbons (Fsp3) is 0.280. The monoisotopic (exact) mass is 412 g/mol. The number of rotatable bonds is 8. The Morgan fingerprint density at radius 1 is 0.897 bits per heavy atom. The van der Waals surface area contributed by atoms with Gasteiger partial charge in [0.05, 0.1) is 7.11 Å². The normalized spacial score (nSPS) is 11.3. The van der Waals surface area contributed by atoms with Crippen LogP contribution in [0.4, 0.5) is 4.39 Å². The molecule has 0 fully saturated rings. The van der Waals surface area contributed by atoms with Gasteiger partial charge in [0.2, 0.25) is 0 Å². The molecule has 0 atom stereocenters. The molecule has 2 nitrogen and oxygen atoms in total. The topological polar surface area (TPSA) is 18.5 Å². The van der Waals surface area contributed by atoms with E-state index in [0.29, 0.717) is 5.75 Å². The molecule has 0 saturated heterocycles. The average molecular weight is 413 g/mol. The fourth-order valence-corrected chi connectivity index (χ4v) is 3.46. The first-order valence-electron chi connectivity index (χ1n) is 9.74. The highest BCUT2D eigenvalue weighted by Gasteiger charge is 2.20. The van der Waals surface area contributed by atoms with Crippen LogP contribution in [0, 0.1) is 5.82 Å². The SMILES string of the molecule is COc1ccc(Oc2cc(CCCC(C)(C)c3ccc(Cl)cc3)ccc2F)cc1. The molecule has 0 aliphatic heterocycles. The Balaban J connectivity index is 1.62. The molecule has 3 aromatic carbocycles. The second kappa shape index (κ2) is 9.32. The van der Waals surface area contributed by atoms with Gasteiger partial charge in [0.25, 0.3) is 0 Å². The van der Waals surface area contributed by atoms with E-state index < -0.39 is 0 Å². The summed E-state index contributed by atoms with van der Waals surface area (Å²) in [7, 11) is 1.60. The molecule has 0 bridgehead atoms. The number of aryl methyl sites for hydroxylation is 1. The summed E-state index contributed by atoms with van der Waals surface area (Å²) in [6, 6.07) is 20.2. The van der Waals surface area contributed by atoms with E-state index >= 15 is 0 Å². The van der Waals surface area contributed by atoms with Gasteiger partial charge >= 0.3 is 0 Å². The van der Waals surface area contributed by atoms with Crippen molar-refractivity contribution in [2.75, 3.05) is 7.11 Å². The molecule has 0 amide bonds. The highest BCUT2D eigenvalue weighted by Crippen LogP contribution is 2.31. The summed E-state index contributed by atoms with van der Waals surface area (Å²) in [6.45, 7) is 4.47. The summed E-state index contributed by atoms with van der Waals surface area (Å²) in [6.07, 6.45) is 2.86. The number of hydrogen-bond donors (Lipinski definition) is 0. The molecular formula is C25H26ClFO2. The maximum absolute atomic E-state index is 14.2. The van der Waals surface area contributed by atoms with Gasteiger partial charge in [-0.25, -0.2) is 4.39 Å². The summed E-state index contributed by atoms with van der Waals surface area (Å²) in [5.74, 6) is 1.18. The predicted molar refractivity (Wildman–Crippen MR) is 117 cm³/mol. The molecule has 0 N–H and O–H groups in total. The van der Waals surface area contributed by atoms with Crippen molar-refractivity contribution in [3.63, 3.8) is 0 Å². The first-order valence-corrected chi connectivity index (χ1v) is 10.1. The van der Waals surface area contributed by atoms with Crippen LogP contribution in [0.25, 0.3) is 0 Å². The number of halogens is 2. The third-order valence-electron chi connectivity index (χ3n) is 5.18. The lowest BCUT2D eigenvalue weighted by Gasteiger charge is -2.25. The maximum atomic E-state index is 14.2. The van der Waals surface area contributed by atoms with E-state index in [1.165, 1.54) is 11.6 Å². The van der Waals surface area contributed by atoms with Gasteiger partial charge in [-0.2, -0.15) is 0 Å². The van der Waals surface area contributed by atoms with Crippen LogP contribution in [0.15, 0.2) is 66.7 Å². The molecular weight excluding hydrogens is 387 g/mol. The summed E-state index contributed by atoms with van der Waals surface area (Å²) >= 11 is 6.00. The van der Waals surface area contributed by atoms with E-state index in [9.17, 15) is 4.39 Å². The van der Waals surface area contributed by atoms with Crippen LogP contribution in [0.1, 0.15) is 37.8 Å². The van der Waals surface area contributed by atoms with E-state index in [1.54, 1.807) is 37.4 Å². The van der Waals surface area contributed by atoms with Crippen molar-refractivity contribution in [2.45, 2.75) is 38.5 Å². The van der Waals surface area contributed by atoms with Gasteiger partial charge in [0, 0.05) is 5.02 Å². The summed E-state index contributed by atoms with van der Waals surface area (Å²) in [5.41, 5.74) is 2.37. The highest BCUT2D eigenvalue weighted by atomic mass is 35.5. The minimum Gasteiger partial charge on any atom is -0.497 e. The van der Waals surface area contributed by atoms with E-state index in [1.807, 2.05) is 18.2 Å². The van der Waals surface area contributed by atoms with E-state index in [4.69, 9.17) is 21.1 Å². The van der Waals surface area contributed by atoms with E-state index in [-0.39, 0.29) is 17.0 Å². The van der Waals surface area contributed by atoms with Crippen molar-refractivity contribution in [3.8, 4) is 17.2 Å². The molecule has 4 heteroatoms. The second-order valence-electron chi connectivity index (χ2n) is 7.79. The molecule has 0 aliphatic rings. The van der Waals surface area contributed by atoms with Gasteiger partial charge < -0.3 is 9.47 Å². The maximum Gasteiger partial charge on any atom is 0.165 e. The van der Waals surface area contributed by atoms with Gasteiger partial charge in [-0.05, 0) is 84.3 Å². The number of ether oxygens (including phenoxy) is 2. The zero-order chi connectivity index (χ0) is 20.9. The Morgan fingerprint density at radius 2 is 1.55 bits per heavy atom. The molecule has 0 heterocycles. The molecule has 0 aromatic heterocycles. The van der Waals surface area contributed by atoms with Crippen molar-refractivity contribution >= 4 is 11.6 Å². The van der Waals surface area contributed by atoms with Crippen LogP contribution in [-0.4, -0.2) is 7.11 Å². The van der Waals surface area contributed by atoms with E-state index in [0.717, 1.165) is 35.6 Å². The van der Waals surface area contributed by atoms with Crippen molar-refractivity contribution in [3.05, 3.63) is 88.7 Å². The molecule has 152 valence electrons. The van der Waals surface area contributed by atoms with Crippen molar-refractivity contribution in [1.82, 2.24) is 0 Å². The smallest absolute Gasteiger partial charge is 0.165 e. The molecule has 0 radical (unpaired) electrons. The standard InChI is InChI=1S/C25H26ClFO2/c1-25(2,19-7-9-20(26)10-8-19)16-4-5-18-6-15-23(27)24(17-18)29-22-13-11-21(28-3)12-14-22/h6-15,17H,4-5,16H2,1-3H3. The molecule has 29 heavy (non-hydrogen) atoms. The summed E-state index contributed by atoms with van der Waals surface area (Å²) < 4.78 is 25.1. The van der Waals surface area contributed by atoms with Gasteiger partial charge in [-0.1, -0.05) is 43.6 Å². The molecule has 0 spiro atoms. The van der Waals surface area contributed by atoms with Crippen LogP contribution in [-0.2, 0) is 11.8 Å². The summed E-state index contributed by atoms with van der Waals surface area (Å²) in [4.78, 5) is 0. The molecule has 0 unspecified atom stereocenters. The Morgan fingerprint density at radius 3 is 2.21 bits per heavy atom. The Hall–Kier alpha value is -2.52. The zero-order valence-corrected chi connectivity index (χ0v) is 17.8. The van der Waals surface area contributed by atoms with Crippen LogP contribution in [0.3, 0.4) is 0 Å². The van der Waals surface area contributed by atoms with Crippen molar-refractivity contribution in [1.29, 1.82) is 0 Å². The first-order chi connectivity index (χ1) is 13.9. The molecule has 0 saturated carbocycles. The van der Waals surface area contributed by atoms with Crippen molar-refractivity contribution in [2.24, 2.45) is 0 Å². The van der Waals surface area contributed by atoms with Crippen LogP contribution >= 0.6 is 11.6 Å². The zero-order valence-electron chi connectivity index (χ0n) is 17.0. The number of benzene rings is 3. The van der Waals surface area contributed by atoms with Gasteiger partial charge in [-0.15, -0.1) is 0 Å². The van der Waals surface area contributed by atoms with E-state index in [2.05, 4.69) is 26.0 Å². The van der Waals surface area contributed by atoms with Gasteiger partial charge in [0.15, 0.2) is 11.6 Å². The third kappa shape index (κ3) is 5.74. The second-order valence-corrected chi connectivity index (χ2v) is 8.22. The Labute approximate surface area is 177 Å². The lowest BCUT2D eigenvalue weighted by molar-refractivity contribution is 0.411. The van der Waals surface area contributed by atoms with Crippen molar-refractivity contribution < 1.29 is 13.9 Å². The number of methoxy groups -OCH3 is 1. The first kappa shape index (κ1) is 21.2. The largest absolute Gasteiger partial charge is 0.497 e. The Kier molecular flexibility index (Phi) is 6.81. The average Bonchev–Trinajstić information content (AvgIpc) is 2.71. The Bertz CT molecular complexity index is 934. The quantitative estimate of drug-likeness (QED) is 0.379. The molecule has 3 rings (SSSR count). The fourth-order valence-electron chi connectivity index (χ4n) is 3.33. The van der Waals surface area contributed by atoms with Gasteiger partial charge in [0.1, 0.15) is 11.5 Å². The van der Waals surface area contributed by atoms with Crippen LogP contribution in [0.5, 0.6) is 17.2 Å².